The van der Waals surface area contributed by atoms with Gasteiger partial charge in [-0.2, -0.15) is 5.26 Å². The second-order valence-electron chi connectivity index (χ2n) is 4.01. The molecule has 1 aliphatic heterocycles. The van der Waals surface area contributed by atoms with Crippen LogP contribution in [-0.4, -0.2) is 24.7 Å². The van der Waals surface area contributed by atoms with E-state index in [9.17, 15) is 4.79 Å². The van der Waals surface area contributed by atoms with Crippen molar-refractivity contribution in [3.63, 3.8) is 0 Å². The molecule has 0 bridgehead atoms. The lowest BCUT2D eigenvalue weighted by Gasteiger charge is -2.34. The molecule has 0 radical (unpaired) electrons. The summed E-state index contributed by atoms with van der Waals surface area (Å²) in [6.45, 7) is 4.96. The highest BCUT2D eigenvalue weighted by Crippen LogP contribution is 2.20. The summed E-state index contributed by atoms with van der Waals surface area (Å²) >= 11 is 0. The smallest absolute Gasteiger partial charge is 0.237 e. The van der Waals surface area contributed by atoms with E-state index in [4.69, 9.17) is 10.00 Å². The average molecular weight is 196 g/mol. The summed E-state index contributed by atoms with van der Waals surface area (Å²) in [5.74, 6) is -0.758. The summed E-state index contributed by atoms with van der Waals surface area (Å²) in [6, 6.07) is 1.93. The number of hydrogen-bond donors (Lipinski definition) is 1. The molecule has 0 aromatic carbocycles. The Morgan fingerprint density at radius 2 is 2.14 bits per heavy atom. The Hall–Kier alpha value is -1.08. The van der Waals surface area contributed by atoms with Gasteiger partial charge in [-0.25, -0.2) is 0 Å². The lowest BCUT2D eigenvalue weighted by atomic mass is 9.92. The van der Waals surface area contributed by atoms with Crippen molar-refractivity contribution in [1.82, 2.24) is 5.32 Å². The number of amides is 1. The molecule has 4 heteroatoms. The molecule has 1 N–H and O–H groups in total. The van der Waals surface area contributed by atoms with Crippen molar-refractivity contribution in [2.75, 3.05) is 13.2 Å². The van der Waals surface area contributed by atoms with Crippen molar-refractivity contribution in [1.29, 1.82) is 5.26 Å². The molecule has 0 saturated carbocycles. The topological polar surface area (TPSA) is 62.1 Å². The summed E-state index contributed by atoms with van der Waals surface area (Å²) in [5.41, 5.74) is -0.194. The molecule has 1 heterocycles. The van der Waals surface area contributed by atoms with Crippen LogP contribution in [0.3, 0.4) is 0 Å². The molecule has 0 aliphatic carbocycles. The number of ether oxygens (including phenoxy) is 1. The summed E-state index contributed by atoms with van der Waals surface area (Å²) in [5, 5.41) is 11.5. The van der Waals surface area contributed by atoms with Gasteiger partial charge in [0, 0.05) is 18.8 Å². The Kier molecular flexibility index (Phi) is 3.48. The van der Waals surface area contributed by atoms with Gasteiger partial charge in [-0.15, -0.1) is 0 Å². The number of rotatable bonds is 2. The molecule has 1 atom stereocenters. The lowest BCUT2D eigenvalue weighted by molar-refractivity contribution is -0.125. The second-order valence-corrected chi connectivity index (χ2v) is 4.01. The van der Waals surface area contributed by atoms with Gasteiger partial charge in [0.2, 0.25) is 5.91 Å². The van der Waals surface area contributed by atoms with E-state index in [0.717, 1.165) is 12.8 Å². The van der Waals surface area contributed by atoms with E-state index in [1.165, 1.54) is 0 Å². The van der Waals surface area contributed by atoms with Crippen LogP contribution in [0, 0.1) is 17.2 Å². The van der Waals surface area contributed by atoms with Crippen molar-refractivity contribution in [3.05, 3.63) is 0 Å². The van der Waals surface area contributed by atoms with Gasteiger partial charge in [0.15, 0.2) is 0 Å². The molecule has 0 aromatic heterocycles. The van der Waals surface area contributed by atoms with Gasteiger partial charge < -0.3 is 10.1 Å². The second kappa shape index (κ2) is 4.43. The van der Waals surface area contributed by atoms with Crippen LogP contribution in [-0.2, 0) is 9.53 Å². The average Bonchev–Trinajstić information content (AvgIpc) is 2.17. The molecule has 0 aromatic rings. The van der Waals surface area contributed by atoms with E-state index < -0.39 is 5.92 Å². The first kappa shape index (κ1) is 11.0. The molecule has 0 spiro atoms. The number of carbonyl (C=O) groups is 1. The minimum atomic E-state index is -0.574. The Bertz CT molecular complexity index is 251. The molecule has 4 nitrogen and oxygen atoms in total. The third kappa shape index (κ3) is 2.71. The van der Waals surface area contributed by atoms with E-state index in [0.29, 0.717) is 13.2 Å². The zero-order valence-corrected chi connectivity index (χ0v) is 8.67. The van der Waals surface area contributed by atoms with Crippen LogP contribution in [0.25, 0.3) is 0 Å². The maximum absolute atomic E-state index is 11.5. The highest BCUT2D eigenvalue weighted by Gasteiger charge is 2.30. The molecule has 1 unspecified atom stereocenters. The molecule has 78 valence electrons. The van der Waals surface area contributed by atoms with Crippen LogP contribution in [0.1, 0.15) is 26.7 Å². The Morgan fingerprint density at radius 1 is 1.57 bits per heavy atom. The maximum Gasteiger partial charge on any atom is 0.237 e. The number of hydrogen-bond acceptors (Lipinski definition) is 3. The van der Waals surface area contributed by atoms with Gasteiger partial charge in [-0.05, 0) is 26.7 Å². The van der Waals surface area contributed by atoms with E-state index >= 15 is 0 Å². The van der Waals surface area contributed by atoms with Crippen LogP contribution >= 0.6 is 0 Å². The first-order valence-corrected chi connectivity index (χ1v) is 4.87. The standard InChI is InChI=1S/C10H16N2O2/c1-8(7-11)9(13)12-10(2)3-5-14-6-4-10/h8H,3-6H2,1-2H3,(H,12,13). The van der Waals surface area contributed by atoms with Gasteiger partial charge >= 0.3 is 0 Å². The quantitative estimate of drug-likeness (QED) is 0.711. The van der Waals surface area contributed by atoms with Crippen molar-refractivity contribution in [2.45, 2.75) is 32.2 Å². The number of nitrogens with one attached hydrogen (secondary N) is 1. The van der Waals surface area contributed by atoms with Crippen LogP contribution in [0.4, 0.5) is 0 Å². The Morgan fingerprint density at radius 3 is 2.64 bits per heavy atom. The van der Waals surface area contributed by atoms with Crippen molar-refractivity contribution < 1.29 is 9.53 Å². The third-order valence-corrected chi connectivity index (χ3v) is 2.61. The van der Waals surface area contributed by atoms with Crippen LogP contribution in [0.2, 0.25) is 0 Å². The predicted octanol–water partition coefficient (Wildman–Crippen LogP) is 0.831. The van der Waals surface area contributed by atoms with E-state index in [-0.39, 0.29) is 11.4 Å². The van der Waals surface area contributed by atoms with Gasteiger partial charge in [-0.3, -0.25) is 4.79 Å². The van der Waals surface area contributed by atoms with Crippen LogP contribution in [0.15, 0.2) is 0 Å². The highest BCUT2D eigenvalue weighted by molar-refractivity contribution is 5.81. The zero-order valence-electron chi connectivity index (χ0n) is 8.67. The molecular weight excluding hydrogens is 180 g/mol. The van der Waals surface area contributed by atoms with Gasteiger partial charge in [-0.1, -0.05) is 0 Å². The largest absolute Gasteiger partial charge is 0.381 e. The van der Waals surface area contributed by atoms with Crippen LogP contribution < -0.4 is 5.32 Å². The number of nitrogens with zero attached hydrogens (tertiary/aromatic N) is 1. The third-order valence-electron chi connectivity index (χ3n) is 2.61. The molecule has 1 saturated heterocycles. The van der Waals surface area contributed by atoms with Gasteiger partial charge in [0.1, 0.15) is 5.92 Å². The van der Waals surface area contributed by atoms with Crippen LogP contribution in [0.5, 0.6) is 0 Å². The lowest BCUT2D eigenvalue weighted by Crippen LogP contribution is -2.50. The van der Waals surface area contributed by atoms with Crippen molar-refractivity contribution in [2.24, 2.45) is 5.92 Å². The van der Waals surface area contributed by atoms with Crippen molar-refractivity contribution in [3.8, 4) is 6.07 Å². The zero-order chi connectivity index (χ0) is 10.6. The van der Waals surface area contributed by atoms with Gasteiger partial charge in [0.05, 0.1) is 6.07 Å². The first-order valence-electron chi connectivity index (χ1n) is 4.87. The van der Waals surface area contributed by atoms with E-state index in [1.807, 2.05) is 13.0 Å². The molecule has 1 amide bonds. The highest BCUT2D eigenvalue weighted by atomic mass is 16.5. The van der Waals surface area contributed by atoms with E-state index in [1.54, 1.807) is 6.92 Å². The summed E-state index contributed by atoms with van der Waals surface area (Å²) < 4.78 is 5.22. The first-order chi connectivity index (χ1) is 6.57. The summed E-state index contributed by atoms with van der Waals surface area (Å²) in [7, 11) is 0. The Labute approximate surface area is 84.2 Å². The number of nitriles is 1. The molecule has 1 rings (SSSR count). The maximum atomic E-state index is 11.5. The molecule has 1 aliphatic rings. The van der Waals surface area contributed by atoms with Gasteiger partial charge in [0.25, 0.3) is 0 Å². The minimum Gasteiger partial charge on any atom is -0.381 e. The van der Waals surface area contributed by atoms with Crippen molar-refractivity contribution >= 4 is 5.91 Å². The normalized spacial score (nSPS) is 22.1. The fourth-order valence-corrected chi connectivity index (χ4v) is 1.41. The molecule has 1 fully saturated rings. The fourth-order valence-electron chi connectivity index (χ4n) is 1.41. The molecular formula is C10H16N2O2. The number of carbonyl (C=O) groups excluding carboxylic acids is 1. The summed E-state index contributed by atoms with van der Waals surface area (Å²) in [6.07, 6.45) is 1.63. The summed E-state index contributed by atoms with van der Waals surface area (Å²) in [4.78, 5) is 11.5. The molecule has 14 heavy (non-hydrogen) atoms. The minimum absolute atomic E-state index is 0.183. The monoisotopic (exact) mass is 196 g/mol. The Balaban J connectivity index is 2.50. The van der Waals surface area contributed by atoms with E-state index in [2.05, 4.69) is 5.32 Å². The SMILES string of the molecule is CC(C#N)C(=O)NC1(C)CCOCC1. The predicted molar refractivity (Wildman–Crippen MR) is 51.4 cm³/mol. The fraction of sp³-hybridized carbons (Fsp3) is 0.800.